The van der Waals surface area contributed by atoms with Crippen LogP contribution >= 0.6 is 0 Å². The number of alkyl halides is 3. The van der Waals surface area contributed by atoms with Crippen LogP contribution in [-0.4, -0.2) is 39.3 Å². The number of benzene rings is 2. The number of likely N-dealkylation sites (tertiary alicyclic amines) is 1. The fraction of sp³-hybridized carbons (Fsp3) is 0.360. The zero-order valence-electron chi connectivity index (χ0n) is 19.4. The van der Waals surface area contributed by atoms with Gasteiger partial charge in [-0.05, 0) is 43.7 Å². The minimum absolute atomic E-state index is 0.0366. The van der Waals surface area contributed by atoms with Crippen molar-refractivity contribution in [2.45, 2.75) is 45.6 Å². The monoisotopic (exact) mass is 485 g/mol. The van der Waals surface area contributed by atoms with Gasteiger partial charge in [-0.2, -0.15) is 13.2 Å². The molecule has 1 aromatic heterocycles. The quantitative estimate of drug-likeness (QED) is 0.526. The Kier molecular flexibility index (Phi) is 6.90. The van der Waals surface area contributed by atoms with E-state index in [9.17, 15) is 22.8 Å². The van der Waals surface area contributed by atoms with E-state index < -0.39 is 17.7 Å². The third kappa shape index (κ3) is 5.70. The number of aromatic nitrogens is 2. The number of nitrogens with zero attached hydrogens (tertiary/aromatic N) is 3. The number of halogens is 3. The Morgan fingerprint density at radius 3 is 2.60 bits per heavy atom. The van der Waals surface area contributed by atoms with E-state index in [-0.39, 0.29) is 37.4 Å². The lowest BCUT2D eigenvalue weighted by atomic mass is 10.1. The normalized spacial score (nSPS) is 16.2. The van der Waals surface area contributed by atoms with Gasteiger partial charge in [-0.25, -0.2) is 9.97 Å². The number of anilines is 1. The third-order valence-corrected chi connectivity index (χ3v) is 5.94. The summed E-state index contributed by atoms with van der Waals surface area (Å²) in [5, 5.41) is 6.63. The van der Waals surface area contributed by atoms with Crippen LogP contribution in [0.2, 0.25) is 0 Å². The fourth-order valence-electron chi connectivity index (χ4n) is 4.10. The molecule has 3 aromatic rings. The fourth-order valence-corrected chi connectivity index (χ4v) is 4.10. The summed E-state index contributed by atoms with van der Waals surface area (Å²) in [6.45, 7) is 4.40. The van der Waals surface area contributed by atoms with Gasteiger partial charge in [-0.15, -0.1) is 0 Å². The van der Waals surface area contributed by atoms with E-state index in [1.54, 1.807) is 17.0 Å². The molecule has 1 aliphatic rings. The van der Waals surface area contributed by atoms with Gasteiger partial charge in [0.2, 0.25) is 11.8 Å². The smallest absolute Gasteiger partial charge is 0.365 e. The van der Waals surface area contributed by atoms with Crippen LogP contribution in [0, 0.1) is 5.92 Å². The zero-order valence-corrected chi connectivity index (χ0v) is 19.4. The lowest BCUT2D eigenvalue weighted by Crippen LogP contribution is -2.35. The molecule has 2 aromatic carbocycles. The number of nitrogens with one attached hydrogen (secondary N) is 2. The van der Waals surface area contributed by atoms with Gasteiger partial charge >= 0.3 is 6.18 Å². The van der Waals surface area contributed by atoms with Gasteiger partial charge in [-0.1, -0.05) is 24.3 Å². The van der Waals surface area contributed by atoms with E-state index in [4.69, 9.17) is 0 Å². The molecule has 0 bridgehead atoms. The van der Waals surface area contributed by atoms with E-state index in [1.807, 2.05) is 32.0 Å². The molecule has 2 N–H and O–H groups in total. The first-order valence-electron chi connectivity index (χ1n) is 11.3. The maximum Gasteiger partial charge on any atom is 0.416 e. The summed E-state index contributed by atoms with van der Waals surface area (Å²) in [5.74, 6) is 0.108. The van der Waals surface area contributed by atoms with Gasteiger partial charge in [0.1, 0.15) is 5.82 Å². The van der Waals surface area contributed by atoms with Crippen LogP contribution in [0.5, 0.6) is 0 Å². The van der Waals surface area contributed by atoms with Crippen LogP contribution in [0.4, 0.5) is 19.0 Å². The van der Waals surface area contributed by atoms with Crippen LogP contribution in [0.25, 0.3) is 10.9 Å². The minimum atomic E-state index is -4.42. The first-order chi connectivity index (χ1) is 16.6. The molecule has 0 radical (unpaired) electrons. The predicted molar refractivity (Wildman–Crippen MR) is 125 cm³/mol. The minimum Gasteiger partial charge on any atom is -0.365 e. The summed E-state index contributed by atoms with van der Waals surface area (Å²) in [5.41, 5.74) is 0.382. The van der Waals surface area contributed by atoms with Gasteiger partial charge in [0.25, 0.3) is 0 Å². The summed E-state index contributed by atoms with van der Waals surface area (Å²) >= 11 is 0. The van der Waals surface area contributed by atoms with Gasteiger partial charge in [-0.3, -0.25) is 9.59 Å². The van der Waals surface area contributed by atoms with Gasteiger partial charge in [0, 0.05) is 30.9 Å². The van der Waals surface area contributed by atoms with E-state index in [1.165, 1.54) is 6.07 Å². The Morgan fingerprint density at radius 2 is 1.89 bits per heavy atom. The Bertz CT molecular complexity index is 1250. The molecule has 0 aliphatic carbocycles. The highest BCUT2D eigenvalue weighted by Crippen LogP contribution is 2.30. The number of hydrogen-bond donors (Lipinski definition) is 2. The van der Waals surface area contributed by atoms with Crippen molar-refractivity contribution in [2.75, 3.05) is 11.9 Å². The maximum absolute atomic E-state index is 13.0. The molecule has 1 saturated heterocycles. The summed E-state index contributed by atoms with van der Waals surface area (Å²) in [6.07, 6.45) is -4.24. The SMILES string of the molecule is CC(C)N1CC(C(=O)NCc2nc(NCc3cccc(C(F)(F)F)c3)c3ccccc3n2)CC1=O. The van der Waals surface area contributed by atoms with Crippen molar-refractivity contribution in [3.63, 3.8) is 0 Å². The lowest BCUT2D eigenvalue weighted by Gasteiger charge is -2.20. The third-order valence-electron chi connectivity index (χ3n) is 5.94. The number of hydrogen-bond acceptors (Lipinski definition) is 5. The van der Waals surface area contributed by atoms with Crippen LogP contribution in [0.15, 0.2) is 48.5 Å². The second-order valence-electron chi connectivity index (χ2n) is 8.82. The first kappa shape index (κ1) is 24.4. The first-order valence-corrected chi connectivity index (χ1v) is 11.3. The van der Waals surface area contributed by atoms with Crippen molar-refractivity contribution in [1.82, 2.24) is 20.2 Å². The average Bonchev–Trinajstić information content (AvgIpc) is 3.22. The number of para-hydroxylation sites is 1. The number of carbonyl (C=O) groups excluding carboxylic acids is 2. The number of fused-ring (bicyclic) bond motifs is 1. The second-order valence-corrected chi connectivity index (χ2v) is 8.82. The molecule has 35 heavy (non-hydrogen) atoms. The predicted octanol–water partition coefficient (Wildman–Crippen LogP) is 4.13. The molecule has 1 fully saturated rings. The topological polar surface area (TPSA) is 87.2 Å². The average molecular weight is 486 g/mol. The molecular formula is C25H26F3N5O2. The Balaban J connectivity index is 1.48. The number of rotatable bonds is 7. The highest BCUT2D eigenvalue weighted by atomic mass is 19.4. The van der Waals surface area contributed by atoms with Gasteiger partial charge in [0.15, 0.2) is 5.82 Å². The number of amides is 2. The molecule has 2 amide bonds. The van der Waals surface area contributed by atoms with Crippen LogP contribution in [-0.2, 0) is 28.9 Å². The Morgan fingerprint density at radius 1 is 1.11 bits per heavy atom. The highest BCUT2D eigenvalue weighted by molar-refractivity contribution is 5.90. The van der Waals surface area contributed by atoms with Crippen LogP contribution in [0.1, 0.15) is 37.2 Å². The molecule has 4 rings (SSSR count). The Labute approximate surface area is 200 Å². The van der Waals surface area contributed by atoms with Crippen LogP contribution in [0.3, 0.4) is 0 Å². The van der Waals surface area contributed by atoms with Crippen molar-refractivity contribution in [3.8, 4) is 0 Å². The van der Waals surface area contributed by atoms with Crippen molar-refractivity contribution in [3.05, 3.63) is 65.5 Å². The van der Waals surface area contributed by atoms with Crippen molar-refractivity contribution in [2.24, 2.45) is 5.92 Å². The molecule has 0 saturated carbocycles. The summed E-state index contributed by atoms with van der Waals surface area (Å²) in [6, 6.07) is 12.4. The van der Waals surface area contributed by atoms with Crippen LogP contribution < -0.4 is 10.6 Å². The highest BCUT2D eigenvalue weighted by Gasteiger charge is 2.35. The maximum atomic E-state index is 13.0. The standard InChI is InChI=1S/C25H26F3N5O2/c1-15(2)33-14-17(11-22(33)34)24(35)30-13-21-31-20-9-4-3-8-19(20)23(32-21)29-12-16-6-5-7-18(10-16)25(26,27)28/h3-10,15,17H,11-14H2,1-2H3,(H,30,35)(H,29,31,32). The molecule has 1 atom stereocenters. The summed E-state index contributed by atoms with van der Waals surface area (Å²) in [7, 11) is 0. The van der Waals surface area contributed by atoms with Gasteiger partial charge in [0.05, 0.1) is 23.5 Å². The zero-order chi connectivity index (χ0) is 25.2. The lowest BCUT2D eigenvalue weighted by molar-refractivity contribution is -0.137. The van der Waals surface area contributed by atoms with E-state index >= 15 is 0 Å². The largest absolute Gasteiger partial charge is 0.416 e. The molecule has 1 unspecified atom stereocenters. The summed E-state index contributed by atoms with van der Waals surface area (Å²) in [4.78, 5) is 35.5. The number of carbonyl (C=O) groups is 2. The molecular weight excluding hydrogens is 459 g/mol. The van der Waals surface area contributed by atoms with E-state index in [0.717, 1.165) is 12.1 Å². The summed E-state index contributed by atoms with van der Waals surface area (Å²) < 4.78 is 39.1. The molecule has 184 valence electrons. The van der Waals surface area contributed by atoms with Crippen molar-refractivity contribution >= 4 is 28.5 Å². The van der Waals surface area contributed by atoms with E-state index in [2.05, 4.69) is 20.6 Å². The van der Waals surface area contributed by atoms with Crippen molar-refractivity contribution < 1.29 is 22.8 Å². The Hall–Kier alpha value is -3.69. The molecule has 0 spiro atoms. The van der Waals surface area contributed by atoms with Gasteiger partial charge < -0.3 is 15.5 Å². The molecule has 1 aliphatic heterocycles. The second kappa shape index (κ2) is 9.89. The molecule has 2 heterocycles. The van der Waals surface area contributed by atoms with E-state index in [0.29, 0.717) is 34.7 Å². The molecule has 10 heteroatoms. The molecule has 7 nitrogen and oxygen atoms in total. The van der Waals surface area contributed by atoms with Crippen molar-refractivity contribution in [1.29, 1.82) is 0 Å².